The van der Waals surface area contributed by atoms with Crippen molar-refractivity contribution in [1.82, 2.24) is 25.0 Å². The van der Waals surface area contributed by atoms with Crippen LogP contribution in [-0.2, 0) is 6.54 Å². The van der Waals surface area contributed by atoms with E-state index in [0.717, 1.165) is 28.4 Å². The SMILES string of the molecule is COc1cc(-c2noc(CN[C@H](C)c3ccc(-n4ccnc4C)cc3)n2)ccc1C. The first kappa shape index (κ1) is 19.8. The lowest BCUT2D eigenvalue weighted by atomic mass is 10.1. The molecule has 0 spiro atoms. The molecule has 154 valence electrons. The quantitative estimate of drug-likeness (QED) is 0.493. The summed E-state index contributed by atoms with van der Waals surface area (Å²) in [6.45, 7) is 6.58. The smallest absolute Gasteiger partial charge is 0.240 e. The van der Waals surface area contributed by atoms with Crippen LogP contribution in [0.3, 0.4) is 0 Å². The van der Waals surface area contributed by atoms with Gasteiger partial charge in [-0.1, -0.05) is 29.4 Å². The number of aromatic nitrogens is 4. The number of ether oxygens (including phenoxy) is 1. The Morgan fingerprint density at radius 1 is 1.13 bits per heavy atom. The van der Waals surface area contributed by atoms with Gasteiger partial charge in [-0.25, -0.2) is 4.98 Å². The molecule has 7 nitrogen and oxygen atoms in total. The molecule has 2 aromatic carbocycles. The summed E-state index contributed by atoms with van der Waals surface area (Å²) >= 11 is 0. The van der Waals surface area contributed by atoms with E-state index >= 15 is 0 Å². The third-order valence-electron chi connectivity index (χ3n) is 5.19. The van der Waals surface area contributed by atoms with E-state index in [9.17, 15) is 0 Å². The lowest BCUT2D eigenvalue weighted by Crippen LogP contribution is -2.18. The van der Waals surface area contributed by atoms with Crippen molar-refractivity contribution in [2.45, 2.75) is 33.4 Å². The molecule has 4 rings (SSSR count). The van der Waals surface area contributed by atoms with Gasteiger partial charge < -0.3 is 19.1 Å². The lowest BCUT2D eigenvalue weighted by molar-refractivity contribution is 0.360. The fourth-order valence-corrected chi connectivity index (χ4v) is 3.34. The second kappa shape index (κ2) is 8.51. The summed E-state index contributed by atoms with van der Waals surface area (Å²) in [5, 5.41) is 7.54. The van der Waals surface area contributed by atoms with Crippen molar-refractivity contribution in [1.29, 1.82) is 0 Å². The Morgan fingerprint density at radius 3 is 2.63 bits per heavy atom. The molecule has 0 fully saturated rings. The first-order valence-electron chi connectivity index (χ1n) is 9.86. The van der Waals surface area contributed by atoms with Gasteiger partial charge in [0.1, 0.15) is 11.6 Å². The van der Waals surface area contributed by atoms with Crippen LogP contribution in [0.15, 0.2) is 59.4 Å². The minimum Gasteiger partial charge on any atom is -0.496 e. The van der Waals surface area contributed by atoms with Crippen molar-refractivity contribution in [3.8, 4) is 22.8 Å². The molecule has 0 aliphatic rings. The second-order valence-electron chi connectivity index (χ2n) is 7.23. The molecule has 2 heterocycles. The van der Waals surface area contributed by atoms with Gasteiger partial charge in [-0.2, -0.15) is 4.98 Å². The topological polar surface area (TPSA) is 78.0 Å². The van der Waals surface area contributed by atoms with Gasteiger partial charge in [0.15, 0.2) is 0 Å². The van der Waals surface area contributed by atoms with Crippen LogP contribution in [-0.4, -0.2) is 26.8 Å². The van der Waals surface area contributed by atoms with Gasteiger partial charge in [-0.05, 0) is 50.1 Å². The van der Waals surface area contributed by atoms with Crippen molar-refractivity contribution in [3.05, 3.63) is 77.7 Å². The first-order valence-corrected chi connectivity index (χ1v) is 9.86. The second-order valence-corrected chi connectivity index (χ2v) is 7.23. The maximum atomic E-state index is 5.42. The molecule has 0 saturated heterocycles. The summed E-state index contributed by atoms with van der Waals surface area (Å²) in [5.74, 6) is 2.87. The zero-order valence-electron chi connectivity index (χ0n) is 17.6. The van der Waals surface area contributed by atoms with Crippen molar-refractivity contribution in [2.24, 2.45) is 0 Å². The number of nitrogens with zero attached hydrogens (tertiary/aromatic N) is 4. The number of methoxy groups -OCH3 is 1. The molecule has 1 atom stereocenters. The molecule has 30 heavy (non-hydrogen) atoms. The number of aryl methyl sites for hydroxylation is 2. The Balaban J connectivity index is 1.40. The van der Waals surface area contributed by atoms with Gasteiger partial charge in [0.2, 0.25) is 11.7 Å². The molecule has 0 aliphatic heterocycles. The fourth-order valence-electron chi connectivity index (χ4n) is 3.34. The van der Waals surface area contributed by atoms with Gasteiger partial charge >= 0.3 is 0 Å². The first-order chi connectivity index (χ1) is 14.5. The number of hydrogen-bond acceptors (Lipinski definition) is 6. The van der Waals surface area contributed by atoms with Crippen LogP contribution in [0.1, 0.15) is 35.8 Å². The third-order valence-corrected chi connectivity index (χ3v) is 5.19. The van der Waals surface area contributed by atoms with E-state index in [1.54, 1.807) is 13.3 Å². The van der Waals surface area contributed by atoms with Crippen molar-refractivity contribution < 1.29 is 9.26 Å². The molecule has 0 unspecified atom stereocenters. The molecule has 0 saturated carbocycles. The maximum Gasteiger partial charge on any atom is 0.240 e. The van der Waals surface area contributed by atoms with Crippen LogP contribution in [0.4, 0.5) is 0 Å². The van der Waals surface area contributed by atoms with E-state index in [1.807, 2.05) is 38.2 Å². The number of hydrogen-bond donors (Lipinski definition) is 1. The fraction of sp³-hybridized carbons (Fsp3) is 0.261. The standard InChI is InChI=1S/C23H25N5O2/c1-15-5-6-19(13-21(15)29-4)23-26-22(30-27-23)14-25-16(2)18-7-9-20(10-8-18)28-12-11-24-17(28)3/h5-13,16,25H,14H2,1-4H3/t16-/m1/s1. The molecule has 4 aromatic rings. The van der Waals surface area contributed by atoms with E-state index in [2.05, 4.69) is 56.2 Å². The minimum atomic E-state index is 0.137. The Hall–Kier alpha value is -3.45. The van der Waals surface area contributed by atoms with Crippen molar-refractivity contribution in [2.75, 3.05) is 7.11 Å². The highest BCUT2D eigenvalue weighted by atomic mass is 16.5. The van der Waals surface area contributed by atoms with Crippen LogP contribution >= 0.6 is 0 Å². The van der Waals surface area contributed by atoms with E-state index in [-0.39, 0.29) is 6.04 Å². The van der Waals surface area contributed by atoms with Crippen molar-refractivity contribution >= 4 is 0 Å². The van der Waals surface area contributed by atoms with E-state index in [0.29, 0.717) is 18.3 Å². The largest absolute Gasteiger partial charge is 0.496 e. The van der Waals surface area contributed by atoms with E-state index in [1.165, 1.54) is 5.56 Å². The van der Waals surface area contributed by atoms with E-state index < -0.39 is 0 Å². The highest BCUT2D eigenvalue weighted by Gasteiger charge is 2.12. The highest BCUT2D eigenvalue weighted by molar-refractivity contribution is 5.58. The van der Waals surface area contributed by atoms with Gasteiger partial charge in [0.25, 0.3) is 0 Å². The van der Waals surface area contributed by atoms with Gasteiger partial charge in [-0.15, -0.1) is 0 Å². The summed E-state index contributed by atoms with van der Waals surface area (Å²) in [7, 11) is 1.65. The van der Waals surface area contributed by atoms with Gasteiger partial charge in [-0.3, -0.25) is 0 Å². The molecule has 2 aromatic heterocycles. The predicted molar refractivity (Wildman–Crippen MR) is 115 cm³/mol. The monoisotopic (exact) mass is 403 g/mol. The normalized spacial score (nSPS) is 12.1. The number of nitrogens with one attached hydrogen (secondary N) is 1. The molecular weight excluding hydrogens is 378 g/mol. The van der Waals surface area contributed by atoms with E-state index in [4.69, 9.17) is 9.26 Å². The Kier molecular flexibility index (Phi) is 5.63. The molecule has 1 N–H and O–H groups in total. The third kappa shape index (κ3) is 4.11. The number of benzene rings is 2. The minimum absolute atomic E-state index is 0.137. The highest BCUT2D eigenvalue weighted by Crippen LogP contribution is 2.25. The Labute approximate surface area is 175 Å². The van der Waals surface area contributed by atoms with Gasteiger partial charge in [0.05, 0.1) is 13.7 Å². The zero-order valence-corrected chi connectivity index (χ0v) is 17.6. The summed E-state index contributed by atoms with van der Waals surface area (Å²) in [4.78, 5) is 8.77. The molecule has 0 bridgehead atoms. The zero-order chi connectivity index (χ0) is 21.1. The maximum absolute atomic E-state index is 5.42. The average Bonchev–Trinajstić information content (AvgIpc) is 3.41. The van der Waals surface area contributed by atoms with Crippen molar-refractivity contribution in [3.63, 3.8) is 0 Å². The van der Waals surface area contributed by atoms with Gasteiger partial charge in [0, 0.05) is 29.7 Å². The predicted octanol–water partition coefficient (Wildman–Crippen LogP) is 4.40. The molecule has 0 aliphatic carbocycles. The number of rotatable bonds is 7. The summed E-state index contributed by atoms with van der Waals surface area (Å²) in [5.41, 5.74) is 4.20. The Morgan fingerprint density at radius 2 is 1.93 bits per heavy atom. The van der Waals surface area contributed by atoms with Crippen LogP contribution in [0.25, 0.3) is 17.1 Å². The lowest BCUT2D eigenvalue weighted by Gasteiger charge is -2.14. The summed E-state index contributed by atoms with van der Waals surface area (Å²) in [6, 6.07) is 14.4. The van der Waals surface area contributed by atoms with Crippen LogP contribution in [0.5, 0.6) is 5.75 Å². The molecule has 0 amide bonds. The summed E-state index contributed by atoms with van der Waals surface area (Å²) in [6.07, 6.45) is 3.77. The van der Waals surface area contributed by atoms with Crippen LogP contribution in [0, 0.1) is 13.8 Å². The number of imidazole rings is 1. The average molecular weight is 403 g/mol. The summed E-state index contributed by atoms with van der Waals surface area (Å²) < 4.78 is 12.8. The van der Waals surface area contributed by atoms with Crippen LogP contribution < -0.4 is 10.1 Å². The van der Waals surface area contributed by atoms with Crippen LogP contribution in [0.2, 0.25) is 0 Å². The molecule has 0 radical (unpaired) electrons. The molecular formula is C23H25N5O2. The molecule has 7 heteroatoms. The Bertz CT molecular complexity index is 1130.